The lowest BCUT2D eigenvalue weighted by atomic mass is 9.96. The van der Waals surface area contributed by atoms with Crippen LogP contribution in [0.25, 0.3) is 32.6 Å². The molecule has 26 heavy (non-hydrogen) atoms. The fourth-order valence-electron chi connectivity index (χ4n) is 3.90. The highest BCUT2D eigenvalue weighted by atomic mass is 15.1. The predicted octanol–water partition coefficient (Wildman–Crippen LogP) is 3.66. The number of hydrogen-bond donors (Lipinski definition) is 2. The first-order valence-corrected chi connectivity index (χ1v) is 9.16. The van der Waals surface area contributed by atoms with E-state index in [1.807, 2.05) is 12.4 Å². The predicted molar refractivity (Wildman–Crippen MR) is 109 cm³/mol. The monoisotopic (exact) mass is 348 g/mol. The molecule has 0 saturated carbocycles. The number of rotatable bonds is 5. The number of nitrogens with zero attached hydrogens (tertiary/aromatic N) is 2. The molecule has 3 N–H and O–H groups in total. The van der Waals surface area contributed by atoms with Gasteiger partial charge in [0.15, 0.2) is 12.4 Å². The Bertz CT molecular complexity index is 1090. The zero-order chi connectivity index (χ0) is 18.3. The molecular weight excluding hydrogens is 322 g/mol. The molecule has 4 aromatic rings. The molecule has 5 nitrogen and oxygen atoms in total. The van der Waals surface area contributed by atoms with Crippen LogP contribution in [0.4, 0.5) is 5.82 Å². The fraction of sp³-hybridized carbons (Fsp3) is 0.333. The van der Waals surface area contributed by atoms with Gasteiger partial charge in [0.25, 0.3) is 0 Å². The van der Waals surface area contributed by atoms with Gasteiger partial charge < -0.3 is 15.2 Å². The molecule has 4 rings (SSSR count). The largest absolute Gasteiger partial charge is 0.370 e. The van der Waals surface area contributed by atoms with E-state index in [9.17, 15) is 0 Å². The van der Waals surface area contributed by atoms with Gasteiger partial charge in [-0.3, -0.25) is 0 Å². The summed E-state index contributed by atoms with van der Waals surface area (Å²) < 4.78 is 0. The Morgan fingerprint density at radius 1 is 1.12 bits per heavy atom. The first-order valence-electron chi connectivity index (χ1n) is 9.16. The van der Waals surface area contributed by atoms with Crippen LogP contribution >= 0.6 is 0 Å². The van der Waals surface area contributed by atoms with E-state index in [1.54, 1.807) is 0 Å². The maximum Gasteiger partial charge on any atom is 0.177 e. The summed E-state index contributed by atoms with van der Waals surface area (Å²) in [7, 11) is 4.21. The summed E-state index contributed by atoms with van der Waals surface area (Å²) >= 11 is 0. The Morgan fingerprint density at radius 2 is 1.96 bits per heavy atom. The SMILES string of the molecule is Cc1c2ccnc(NCCCN(C)C)c2c(C)c2c1[nH]c1cc[nH+]cc12. The second-order valence-electron chi connectivity index (χ2n) is 7.26. The van der Waals surface area contributed by atoms with Gasteiger partial charge in [-0.05, 0) is 63.5 Å². The quantitative estimate of drug-likeness (QED) is 0.541. The van der Waals surface area contributed by atoms with Gasteiger partial charge in [-0.1, -0.05) is 0 Å². The molecule has 0 bridgehead atoms. The number of anilines is 1. The molecule has 5 heteroatoms. The minimum atomic E-state index is 0.919. The molecule has 0 atom stereocenters. The lowest BCUT2D eigenvalue weighted by molar-refractivity contribution is -0.375. The van der Waals surface area contributed by atoms with Gasteiger partial charge in [-0.15, -0.1) is 0 Å². The van der Waals surface area contributed by atoms with Crippen LogP contribution in [-0.2, 0) is 0 Å². The van der Waals surface area contributed by atoms with Gasteiger partial charge in [0, 0.05) is 29.6 Å². The molecule has 0 aliphatic heterocycles. The van der Waals surface area contributed by atoms with E-state index < -0.39 is 0 Å². The van der Waals surface area contributed by atoms with E-state index in [-0.39, 0.29) is 0 Å². The number of aryl methyl sites for hydroxylation is 2. The third-order valence-electron chi connectivity index (χ3n) is 5.20. The lowest BCUT2D eigenvalue weighted by Crippen LogP contribution is -2.16. The minimum Gasteiger partial charge on any atom is -0.370 e. The molecule has 0 aliphatic carbocycles. The van der Waals surface area contributed by atoms with Crippen molar-refractivity contribution >= 4 is 38.4 Å². The van der Waals surface area contributed by atoms with Crippen LogP contribution in [0.3, 0.4) is 0 Å². The third-order valence-corrected chi connectivity index (χ3v) is 5.20. The highest BCUT2D eigenvalue weighted by Gasteiger charge is 2.17. The number of fused-ring (bicyclic) bond motifs is 4. The number of aromatic amines is 2. The third kappa shape index (κ3) is 2.69. The van der Waals surface area contributed by atoms with E-state index in [2.05, 4.69) is 71.4 Å². The van der Waals surface area contributed by atoms with E-state index in [0.717, 1.165) is 30.8 Å². The second kappa shape index (κ2) is 6.57. The van der Waals surface area contributed by atoms with E-state index in [1.165, 1.54) is 38.2 Å². The van der Waals surface area contributed by atoms with Crippen LogP contribution in [-0.4, -0.2) is 42.1 Å². The van der Waals surface area contributed by atoms with Gasteiger partial charge >= 0.3 is 0 Å². The van der Waals surface area contributed by atoms with Crippen LogP contribution in [0, 0.1) is 13.8 Å². The first kappa shape index (κ1) is 16.8. The molecule has 134 valence electrons. The molecule has 3 heterocycles. The van der Waals surface area contributed by atoms with Crippen LogP contribution in [0.1, 0.15) is 17.5 Å². The fourth-order valence-corrected chi connectivity index (χ4v) is 3.90. The standard InChI is InChI=1S/C21H25N5/c1-13-15-6-10-24-21(23-8-5-11-26(3)4)19(15)14(2)18-16-12-22-9-7-17(16)25-20(13)18/h6-7,9-10,12,25H,5,8,11H2,1-4H3,(H,23,24)/p+1. The van der Waals surface area contributed by atoms with Crippen molar-refractivity contribution in [1.29, 1.82) is 0 Å². The smallest absolute Gasteiger partial charge is 0.177 e. The van der Waals surface area contributed by atoms with Gasteiger partial charge in [0.1, 0.15) is 5.82 Å². The number of H-pyrrole nitrogens is 2. The molecule has 3 aromatic heterocycles. The zero-order valence-electron chi connectivity index (χ0n) is 15.9. The molecule has 0 unspecified atom stereocenters. The average Bonchev–Trinajstić information content (AvgIpc) is 3.03. The molecule has 0 radical (unpaired) electrons. The molecule has 0 spiro atoms. The average molecular weight is 348 g/mol. The van der Waals surface area contributed by atoms with Crippen molar-refractivity contribution in [2.75, 3.05) is 32.5 Å². The van der Waals surface area contributed by atoms with Crippen molar-refractivity contribution < 1.29 is 4.98 Å². The maximum absolute atomic E-state index is 4.65. The van der Waals surface area contributed by atoms with E-state index in [0.29, 0.717) is 0 Å². The summed E-state index contributed by atoms with van der Waals surface area (Å²) in [6, 6.07) is 4.22. The molecule has 0 aliphatic rings. The normalized spacial score (nSPS) is 11.9. The maximum atomic E-state index is 4.65. The molecular formula is C21H26N5+. The van der Waals surface area contributed by atoms with Gasteiger partial charge in [0.05, 0.1) is 16.4 Å². The number of pyridine rings is 2. The van der Waals surface area contributed by atoms with Crippen LogP contribution in [0.5, 0.6) is 0 Å². The lowest BCUT2D eigenvalue weighted by Gasteiger charge is -2.15. The Kier molecular flexibility index (Phi) is 4.24. The molecule has 0 saturated heterocycles. The summed E-state index contributed by atoms with van der Waals surface area (Å²) in [6.45, 7) is 6.39. The summed E-state index contributed by atoms with van der Waals surface area (Å²) in [4.78, 5) is 13.7. The van der Waals surface area contributed by atoms with Crippen molar-refractivity contribution in [3.63, 3.8) is 0 Å². The van der Waals surface area contributed by atoms with E-state index >= 15 is 0 Å². The topological polar surface area (TPSA) is 58.1 Å². The van der Waals surface area contributed by atoms with Gasteiger partial charge in [0.2, 0.25) is 0 Å². The number of aromatic nitrogens is 3. The van der Waals surface area contributed by atoms with Gasteiger partial charge in [-0.25, -0.2) is 9.97 Å². The Labute approximate surface area is 153 Å². The van der Waals surface area contributed by atoms with Crippen molar-refractivity contribution in [1.82, 2.24) is 14.9 Å². The number of nitrogens with one attached hydrogen (secondary N) is 3. The first-order chi connectivity index (χ1) is 12.6. The summed E-state index contributed by atoms with van der Waals surface area (Å²) in [5, 5.41) is 8.56. The Hall–Kier alpha value is -2.66. The highest BCUT2D eigenvalue weighted by Crippen LogP contribution is 2.38. The number of hydrogen-bond acceptors (Lipinski definition) is 3. The van der Waals surface area contributed by atoms with E-state index in [4.69, 9.17) is 0 Å². The minimum absolute atomic E-state index is 0.919. The molecule has 0 fully saturated rings. The molecule has 1 aromatic carbocycles. The van der Waals surface area contributed by atoms with Crippen LogP contribution in [0.15, 0.2) is 30.7 Å². The van der Waals surface area contributed by atoms with Crippen LogP contribution < -0.4 is 10.3 Å². The zero-order valence-corrected chi connectivity index (χ0v) is 15.9. The summed E-state index contributed by atoms with van der Waals surface area (Å²) in [5.41, 5.74) is 4.92. The summed E-state index contributed by atoms with van der Waals surface area (Å²) in [5.74, 6) is 0.984. The molecule has 0 amide bonds. The van der Waals surface area contributed by atoms with Crippen molar-refractivity contribution in [2.24, 2.45) is 0 Å². The van der Waals surface area contributed by atoms with Crippen LogP contribution in [0.2, 0.25) is 0 Å². The van der Waals surface area contributed by atoms with Crippen molar-refractivity contribution in [2.45, 2.75) is 20.3 Å². The van der Waals surface area contributed by atoms with Gasteiger partial charge in [-0.2, -0.15) is 0 Å². The van der Waals surface area contributed by atoms with Crippen molar-refractivity contribution in [3.8, 4) is 0 Å². The number of benzene rings is 1. The second-order valence-corrected chi connectivity index (χ2v) is 7.26. The summed E-state index contributed by atoms with van der Waals surface area (Å²) in [6.07, 6.45) is 7.03. The highest BCUT2D eigenvalue weighted by molar-refractivity contribution is 6.17. The van der Waals surface area contributed by atoms with Crippen molar-refractivity contribution in [3.05, 3.63) is 41.9 Å². The Balaban J connectivity index is 1.89. The Morgan fingerprint density at radius 3 is 2.77 bits per heavy atom.